The standard InChI is InChI=1S/C12H20N2O5S/c1-3-4-6-19-12(15)11-8-10(20(13,16)17)9-14(11)5-7-18-2/h8-9H,3-7H2,1-2H3,(H2,13,16,17). The molecule has 2 N–H and O–H groups in total. The van der Waals surface area contributed by atoms with E-state index in [1.54, 1.807) is 0 Å². The smallest absolute Gasteiger partial charge is 0.354 e. The van der Waals surface area contributed by atoms with Crippen LogP contribution in [-0.4, -0.2) is 39.3 Å². The van der Waals surface area contributed by atoms with Crippen LogP contribution in [0.15, 0.2) is 17.2 Å². The van der Waals surface area contributed by atoms with Gasteiger partial charge < -0.3 is 14.0 Å². The molecular weight excluding hydrogens is 284 g/mol. The van der Waals surface area contributed by atoms with Gasteiger partial charge in [0.25, 0.3) is 0 Å². The lowest BCUT2D eigenvalue weighted by molar-refractivity contribution is 0.0485. The number of unbranched alkanes of at least 4 members (excludes halogenated alkanes) is 1. The van der Waals surface area contributed by atoms with E-state index in [9.17, 15) is 13.2 Å². The van der Waals surface area contributed by atoms with Crippen LogP contribution in [0.4, 0.5) is 0 Å². The van der Waals surface area contributed by atoms with Crippen LogP contribution in [0.5, 0.6) is 0 Å². The number of hydrogen-bond acceptors (Lipinski definition) is 5. The second-order valence-corrected chi connectivity index (χ2v) is 5.84. The lowest BCUT2D eigenvalue weighted by Crippen LogP contribution is -2.14. The molecule has 0 fully saturated rings. The number of nitrogens with zero attached hydrogens (tertiary/aromatic N) is 1. The fourth-order valence-electron chi connectivity index (χ4n) is 1.57. The second kappa shape index (κ2) is 7.41. The molecule has 0 aliphatic heterocycles. The van der Waals surface area contributed by atoms with E-state index in [-0.39, 0.29) is 10.6 Å². The molecule has 0 unspecified atom stereocenters. The van der Waals surface area contributed by atoms with Crippen molar-refractivity contribution in [2.45, 2.75) is 31.2 Å². The summed E-state index contributed by atoms with van der Waals surface area (Å²) in [7, 11) is -2.34. The summed E-state index contributed by atoms with van der Waals surface area (Å²) in [4.78, 5) is 11.8. The van der Waals surface area contributed by atoms with E-state index in [1.807, 2.05) is 6.92 Å². The Morgan fingerprint density at radius 3 is 2.65 bits per heavy atom. The van der Waals surface area contributed by atoms with Gasteiger partial charge in [-0.25, -0.2) is 18.4 Å². The summed E-state index contributed by atoms with van der Waals surface area (Å²) in [5.41, 5.74) is 0.155. The Morgan fingerprint density at radius 2 is 2.10 bits per heavy atom. The van der Waals surface area contributed by atoms with Crippen molar-refractivity contribution in [2.24, 2.45) is 5.14 Å². The van der Waals surface area contributed by atoms with Crippen LogP contribution in [0.2, 0.25) is 0 Å². The highest BCUT2D eigenvalue weighted by molar-refractivity contribution is 7.89. The molecule has 0 aromatic carbocycles. The fourth-order valence-corrected chi connectivity index (χ4v) is 2.12. The average Bonchev–Trinajstić information content (AvgIpc) is 2.80. The topological polar surface area (TPSA) is 101 Å². The molecule has 114 valence electrons. The molecule has 1 aromatic heterocycles. The number of hydrogen-bond donors (Lipinski definition) is 1. The molecule has 8 heteroatoms. The Balaban J connectivity index is 2.96. The number of sulfonamides is 1. The van der Waals surface area contributed by atoms with Gasteiger partial charge >= 0.3 is 5.97 Å². The number of carbonyl (C=O) groups excluding carboxylic acids is 1. The van der Waals surface area contributed by atoms with Gasteiger partial charge in [0, 0.05) is 19.9 Å². The largest absolute Gasteiger partial charge is 0.461 e. The number of carbonyl (C=O) groups is 1. The Bertz CT molecular complexity index is 550. The predicted molar refractivity (Wildman–Crippen MR) is 72.9 cm³/mol. The molecule has 0 spiro atoms. The summed E-state index contributed by atoms with van der Waals surface area (Å²) >= 11 is 0. The number of rotatable bonds is 8. The second-order valence-electron chi connectivity index (χ2n) is 4.28. The molecule has 0 saturated carbocycles. The maximum atomic E-state index is 11.9. The Morgan fingerprint density at radius 1 is 1.40 bits per heavy atom. The van der Waals surface area contributed by atoms with Gasteiger partial charge in [0.1, 0.15) is 10.6 Å². The molecule has 0 atom stereocenters. The summed E-state index contributed by atoms with van der Waals surface area (Å²) < 4.78 is 34.1. The quantitative estimate of drug-likeness (QED) is 0.564. The first kappa shape index (κ1) is 16.7. The zero-order valence-electron chi connectivity index (χ0n) is 11.7. The molecule has 1 aromatic rings. The molecule has 20 heavy (non-hydrogen) atoms. The van der Waals surface area contributed by atoms with E-state index in [0.717, 1.165) is 12.8 Å². The molecule has 0 amide bonds. The number of aromatic nitrogens is 1. The summed E-state index contributed by atoms with van der Waals surface area (Å²) in [5, 5.41) is 5.06. The first-order valence-electron chi connectivity index (χ1n) is 6.29. The monoisotopic (exact) mass is 304 g/mol. The fraction of sp³-hybridized carbons (Fsp3) is 0.583. The minimum Gasteiger partial charge on any atom is -0.461 e. The van der Waals surface area contributed by atoms with Crippen LogP contribution in [0.3, 0.4) is 0 Å². The van der Waals surface area contributed by atoms with Gasteiger partial charge in [-0.2, -0.15) is 0 Å². The average molecular weight is 304 g/mol. The van der Waals surface area contributed by atoms with Crippen molar-refractivity contribution in [3.8, 4) is 0 Å². The molecule has 0 radical (unpaired) electrons. The zero-order valence-corrected chi connectivity index (χ0v) is 12.5. The van der Waals surface area contributed by atoms with Crippen LogP contribution in [0.1, 0.15) is 30.3 Å². The molecule has 0 bridgehead atoms. The van der Waals surface area contributed by atoms with Crippen molar-refractivity contribution in [2.75, 3.05) is 20.3 Å². The van der Waals surface area contributed by atoms with Crippen molar-refractivity contribution in [3.05, 3.63) is 18.0 Å². The molecular formula is C12H20N2O5S. The lowest BCUT2D eigenvalue weighted by Gasteiger charge is -2.08. The Labute approximate surface area is 118 Å². The van der Waals surface area contributed by atoms with E-state index < -0.39 is 16.0 Å². The van der Waals surface area contributed by atoms with Crippen molar-refractivity contribution >= 4 is 16.0 Å². The number of nitrogens with two attached hydrogens (primary N) is 1. The lowest BCUT2D eigenvalue weighted by atomic mass is 10.3. The van der Waals surface area contributed by atoms with Crippen LogP contribution in [0, 0.1) is 0 Å². The van der Waals surface area contributed by atoms with Crippen molar-refractivity contribution in [1.82, 2.24) is 4.57 Å². The normalized spacial score (nSPS) is 11.6. The van der Waals surface area contributed by atoms with E-state index in [2.05, 4.69) is 0 Å². The van der Waals surface area contributed by atoms with Crippen molar-refractivity contribution < 1.29 is 22.7 Å². The van der Waals surface area contributed by atoms with Gasteiger partial charge in [-0.1, -0.05) is 13.3 Å². The third kappa shape index (κ3) is 4.62. The van der Waals surface area contributed by atoms with Gasteiger partial charge in [0.15, 0.2) is 0 Å². The first-order valence-corrected chi connectivity index (χ1v) is 7.83. The molecule has 0 saturated heterocycles. The maximum absolute atomic E-state index is 11.9. The van der Waals surface area contributed by atoms with Crippen LogP contribution < -0.4 is 5.14 Å². The zero-order chi connectivity index (χ0) is 15.2. The predicted octanol–water partition coefficient (Wildman–Crippen LogP) is 0.739. The minimum atomic E-state index is -3.86. The molecule has 0 aliphatic rings. The van der Waals surface area contributed by atoms with Gasteiger partial charge in [-0.05, 0) is 12.5 Å². The van der Waals surface area contributed by atoms with Gasteiger partial charge in [-0.3, -0.25) is 0 Å². The molecule has 7 nitrogen and oxygen atoms in total. The summed E-state index contributed by atoms with van der Waals surface area (Å²) in [5.74, 6) is -0.565. The van der Waals surface area contributed by atoms with E-state index in [0.29, 0.717) is 19.8 Å². The SMILES string of the molecule is CCCCOC(=O)c1cc(S(N)(=O)=O)cn1CCOC. The summed E-state index contributed by atoms with van der Waals surface area (Å²) in [6, 6.07) is 1.22. The summed E-state index contributed by atoms with van der Waals surface area (Å²) in [6.07, 6.45) is 2.97. The van der Waals surface area contributed by atoms with Crippen LogP contribution in [-0.2, 0) is 26.0 Å². The highest BCUT2D eigenvalue weighted by Gasteiger charge is 2.19. The van der Waals surface area contributed by atoms with E-state index >= 15 is 0 Å². The Hall–Kier alpha value is -1.38. The van der Waals surface area contributed by atoms with Crippen molar-refractivity contribution in [3.63, 3.8) is 0 Å². The minimum absolute atomic E-state index is 0.115. The van der Waals surface area contributed by atoms with Crippen molar-refractivity contribution in [1.29, 1.82) is 0 Å². The maximum Gasteiger partial charge on any atom is 0.354 e. The van der Waals surface area contributed by atoms with Crippen LogP contribution >= 0.6 is 0 Å². The highest BCUT2D eigenvalue weighted by atomic mass is 32.2. The molecule has 0 aliphatic carbocycles. The molecule has 1 rings (SSSR count). The number of ether oxygens (including phenoxy) is 2. The third-order valence-electron chi connectivity index (χ3n) is 2.68. The number of methoxy groups -OCH3 is 1. The molecule has 1 heterocycles. The van der Waals surface area contributed by atoms with Gasteiger partial charge in [0.05, 0.1) is 13.2 Å². The van der Waals surface area contributed by atoms with Gasteiger partial charge in [-0.15, -0.1) is 0 Å². The first-order chi connectivity index (χ1) is 9.40. The highest BCUT2D eigenvalue weighted by Crippen LogP contribution is 2.14. The van der Waals surface area contributed by atoms with E-state index in [4.69, 9.17) is 14.6 Å². The van der Waals surface area contributed by atoms with E-state index in [1.165, 1.54) is 23.9 Å². The number of primary sulfonamides is 1. The van der Waals surface area contributed by atoms with Gasteiger partial charge in [0.2, 0.25) is 10.0 Å². The number of esters is 1. The summed E-state index contributed by atoms with van der Waals surface area (Å²) in [6.45, 7) is 2.96. The third-order valence-corrected chi connectivity index (χ3v) is 3.56. The Kier molecular flexibility index (Phi) is 6.18. The van der Waals surface area contributed by atoms with Crippen LogP contribution in [0.25, 0.3) is 0 Å².